The van der Waals surface area contributed by atoms with E-state index in [1.165, 1.54) is 12.8 Å². The lowest BCUT2D eigenvalue weighted by Crippen LogP contribution is -2.38. The Balaban J connectivity index is 0.00000162. The number of hydrogen-bond acceptors (Lipinski definition) is 2. The molecule has 0 radical (unpaired) electrons. The fourth-order valence-corrected chi connectivity index (χ4v) is 2.21. The van der Waals surface area contributed by atoms with Gasteiger partial charge in [0.05, 0.1) is 0 Å². The maximum atomic E-state index is 11.8. The second kappa shape index (κ2) is 6.62. The van der Waals surface area contributed by atoms with Gasteiger partial charge in [-0.1, -0.05) is 23.2 Å². The molecule has 1 aliphatic rings. The number of hydrogen-bond donors (Lipinski definition) is 2. The van der Waals surface area contributed by atoms with Gasteiger partial charge in [0.1, 0.15) is 0 Å². The van der Waals surface area contributed by atoms with Crippen molar-refractivity contribution < 1.29 is 4.79 Å². The monoisotopic (exact) mass is 308 g/mol. The Morgan fingerprint density at radius 1 is 1.33 bits per heavy atom. The molecule has 1 atom stereocenters. The minimum atomic E-state index is -0.189. The molecule has 3 nitrogen and oxygen atoms in total. The molecule has 1 aromatic rings. The lowest BCUT2D eigenvalue weighted by molar-refractivity contribution is 0.0950. The Hall–Kier alpha value is -0.480. The second-order valence-corrected chi connectivity index (χ2v) is 5.24. The summed E-state index contributed by atoms with van der Waals surface area (Å²) >= 11 is 11.7. The van der Waals surface area contributed by atoms with E-state index in [0.717, 1.165) is 0 Å². The first-order valence-electron chi connectivity index (χ1n) is 5.56. The molecule has 1 saturated carbocycles. The molecule has 0 aliphatic heterocycles. The van der Waals surface area contributed by atoms with Gasteiger partial charge in [-0.15, -0.1) is 12.4 Å². The van der Waals surface area contributed by atoms with Crippen LogP contribution in [0.1, 0.15) is 23.2 Å². The van der Waals surface area contributed by atoms with Gasteiger partial charge in [0, 0.05) is 28.2 Å². The van der Waals surface area contributed by atoms with Crippen molar-refractivity contribution >= 4 is 41.5 Å². The van der Waals surface area contributed by atoms with Crippen molar-refractivity contribution in [2.45, 2.75) is 18.9 Å². The van der Waals surface area contributed by atoms with Gasteiger partial charge in [0.25, 0.3) is 5.91 Å². The van der Waals surface area contributed by atoms with Crippen LogP contribution in [-0.4, -0.2) is 18.5 Å². The summed E-state index contributed by atoms with van der Waals surface area (Å²) in [6, 6.07) is 4.82. The van der Waals surface area contributed by atoms with Crippen LogP contribution in [0.2, 0.25) is 10.0 Å². The molecule has 2 rings (SSSR count). The molecule has 1 amide bonds. The van der Waals surface area contributed by atoms with Crippen LogP contribution in [0.15, 0.2) is 18.2 Å². The molecular formula is C12H15Cl3N2O. The van der Waals surface area contributed by atoms with Crippen LogP contribution < -0.4 is 11.1 Å². The third kappa shape index (κ3) is 4.32. The van der Waals surface area contributed by atoms with E-state index in [4.69, 9.17) is 28.9 Å². The highest BCUT2D eigenvalue weighted by Gasteiger charge is 2.28. The molecular weight excluding hydrogens is 295 g/mol. The summed E-state index contributed by atoms with van der Waals surface area (Å²) < 4.78 is 0. The molecule has 1 aliphatic carbocycles. The zero-order valence-corrected chi connectivity index (χ0v) is 12.0. The van der Waals surface area contributed by atoms with E-state index in [2.05, 4.69) is 5.32 Å². The van der Waals surface area contributed by atoms with Gasteiger partial charge in [-0.3, -0.25) is 4.79 Å². The highest BCUT2D eigenvalue weighted by atomic mass is 35.5. The van der Waals surface area contributed by atoms with Crippen molar-refractivity contribution in [3.05, 3.63) is 33.8 Å². The molecule has 1 aromatic carbocycles. The molecule has 0 aromatic heterocycles. The molecule has 6 heteroatoms. The van der Waals surface area contributed by atoms with Crippen LogP contribution in [0.25, 0.3) is 0 Å². The zero-order chi connectivity index (χ0) is 12.4. The molecule has 0 bridgehead atoms. The third-order valence-electron chi connectivity index (χ3n) is 2.85. The van der Waals surface area contributed by atoms with Crippen molar-refractivity contribution in [1.82, 2.24) is 5.32 Å². The predicted molar refractivity (Wildman–Crippen MR) is 76.7 cm³/mol. The number of benzene rings is 1. The first-order chi connectivity index (χ1) is 8.06. The first-order valence-corrected chi connectivity index (χ1v) is 6.32. The van der Waals surface area contributed by atoms with E-state index < -0.39 is 0 Å². The Morgan fingerprint density at radius 2 is 1.89 bits per heavy atom. The second-order valence-electron chi connectivity index (χ2n) is 4.37. The first kappa shape index (κ1) is 15.6. The van der Waals surface area contributed by atoms with Crippen LogP contribution in [0, 0.1) is 5.92 Å². The molecule has 1 fully saturated rings. The smallest absolute Gasteiger partial charge is 0.251 e. The molecule has 1 unspecified atom stereocenters. The van der Waals surface area contributed by atoms with E-state index in [1.54, 1.807) is 18.2 Å². The molecule has 3 N–H and O–H groups in total. The van der Waals surface area contributed by atoms with Crippen molar-refractivity contribution in [1.29, 1.82) is 0 Å². The lowest BCUT2D eigenvalue weighted by atomic mass is 10.2. The summed E-state index contributed by atoms with van der Waals surface area (Å²) in [7, 11) is 0. The topological polar surface area (TPSA) is 55.1 Å². The van der Waals surface area contributed by atoms with E-state index in [1.807, 2.05) is 0 Å². The third-order valence-corrected chi connectivity index (χ3v) is 3.29. The van der Waals surface area contributed by atoms with Gasteiger partial charge >= 0.3 is 0 Å². The number of amides is 1. The summed E-state index contributed by atoms with van der Waals surface area (Å²) in [4.78, 5) is 11.8. The SMILES string of the molecule is Cl.NC(CNC(=O)c1cc(Cl)cc(Cl)c1)C1CC1. The van der Waals surface area contributed by atoms with Gasteiger partial charge in [-0.2, -0.15) is 0 Å². The maximum absolute atomic E-state index is 11.8. The summed E-state index contributed by atoms with van der Waals surface area (Å²) in [6.07, 6.45) is 2.33. The zero-order valence-electron chi connectivity index (χ0n) is 9.66. The van der Waals surface area contributed by atoms with Gasteiger partial charge in [-0.05, 0) is 37.0 Å². The predicted octanol–water partition coefficient (Wildman–Crippen LogP) is 2.88. The van der Waals surface area contributed by atoms with Gasteiger partial charge in [-0.25, -0.2) is 0 Å². The van der Waals surface area contributed by atoms with Crippen molar-refractivity contribution in [3.63, 3.8) is 0 Å². The Morgan fingerprint density at radius 3 is 2.39 bits per heavy atom. The Kier molecular flexibility index (Phi) is 5.73. The normalized spacial score (nSPS) is 15.7. The Bertz CT molecular complexity index is 415. The Labute approximate surface area is 122 Å². The highest BCUT2D eigenvalue weighted by molar-refractivity contribution is 6.35. The molecule has 18 heavy (non-hydrogen) atoms. The number of carbonyl (C=O) groups excluding carboxylic acids is 1. The highest BCUT2D eigenvalue weighted by Crippen LogP contribution is 2.31. The van der Waals surface area contributed by atoms with E-state index in [9.17, 15) is 4.79 Å². The fourth-order valence-electron chi connectivity index (χ4n) is 1.69. The van der Waals surface area contributed by atoms with E-state index in [-0.39, 0.29) is 24.4 Å². The van der Waals surface area contributed by atoms with Crippen LogP contribution in [0.4, 0.5) is 0 Å². The number of nitrogens with two attached hydrogens (primary N) is 1. The fraction of sp³-hybridized carbons (Fsp3) is 0.417. The lowest BCUT2D eigenvalue weighted by Gasteiger charge is -2.11. The van der Waals surface area contributed by atoms with Crippen LogP contribution in [0.3, 0.4) is 0 Å². The van der Waals surface area contributed by atoms with Crippen molar-refractivity contribution in [3.8, 4) is 0 Å². The average Bonchev–Trinajstić information content (AvgIpc) is 3.07. The summed E-state index contributed by atoms with van der Waals surface area (Å²) in [5, 5.41) is 3.70. The van der Waals surface area contributed by atoms with Crippen LogP contribution in [-0.2, 0) is 0 Å². The molecule has 0 spiro atoms. The summed E-state index contributed by atoms with van der Waals surface area (Å²) in [5.74, 6) is 0.378. The number of rotatable bonds is 4. The van der Waals surface area contributed by atoms with Crippen LogP contribution in [0.5, 0.6) is 0 Å². The quantitative estimate of drug-likeness (QED) is 0.898. The summed E-state index contributed by atoms with van der Waals surface area (Å²) in [5.41, 5.74) is 6.36. The standard InChI is InChI=1S/C12H14Cl2N2O.ClH/c13-9-3-8(4-10(14)5-9)12(17)16-6-11(15)7-1-2-7;/h3-5,7,11H,1-2,6,15H2,(H,16,17);1H. The van der Waals surface area contributed by atoms with Gasteiger partial charge in [0.15, 0.2) is 0 Å². The minimum Gasteiger partial charge on any atom is -0.350 e. The van der Waals surface area contributed by atoms with Crippen molar-refractivity contribution in [2.75, 3.05) is 6.54 Å². The van der Waals surface area contributed by atoms with E-state index in [0.29, 0.717) is 28.1 Å². The molecule has 0 saturated heterocycles. The number of carbonyl (C=O) groups is 1. The molecule has 0 heterocycles. The number of halogens is 3. The minimum absolute atomic E-state index is 0. The average molecular weight is 310 g/mol. The maximum Gasteiger partial charge on any atom is 0.251 e. The summed E-state index contributed by atoms with van der Waals surface area (Å²) in [6.45, 7) is 0.494. The van der Waals surface area contributed by atoms with Gasteiger partial charge < -0.3 is 11.1 Å². The molecule has 100 valence electrons. The van der Waals surface area contributed by atoms with E-state index >= 15 is 0 Å². The number of nitrogens with one attached hydrogen (secondary N) is 1. The van der Waals surface area contributed by atoms with Crippen molar-refractivity contribution in [2.24, 2.45) is 11.7 Å². The largest absolute Gasteiger partial charge is 0.350 e. The van der Waals surface area contributed by atoms with Gasteiger partial charge in [0.2, 0.25) is 0 Å². The van der Waals surface area contributed by atoms with Crippen LogP contribution >= 0.6 is 35.6 Å².